The Bertz CT molecular complexity index is 904. The second-order valence-electron chi connectivity index (χ2n) is 5.86. The van der Waals surface area contributed by atoms with Gasteiger partial charge in [-0.3, -0.25) is 0 Å². The van der Waals surface area contributed by atoms with Crippen molar-refractivity contribution in [1.82, 2.24) is 0 Å². The van der Waals surface area contributed by atoms with E-state index in [0.717, 1.165) is 18.1 Å². The monoisotopic (exact) mass is 398 g/mol. The van der Waals surface area contributed by atoms with Crippen molar-refractivity contribution in [2.45, 2.75) is 25.6 Å². The van der Waals surface area contributed by atoms with Gasteiger partial charge in [-0.15, -0.1) is 0 Å². The zero-order valence-corrected chi connectivity index (χ0v) is 14.8. The third kappa shape index (κ3) is 4.03. The molecule has 2 aromatic rings. The van der Waals surface area contributed by atoms with Crippen LogP contribution in [0.5, 0.6) is 17.2 Å². The van der Waals surface area contributed by atoms with Gasteiger partial charge < -0.3 is 14.6 Å². The van der Waals surface area contributed by atoms with Gasteiger partial charge in [0.15, 0.2) is 0 Å². The van der Waals surface area contributed by atoms with Gasteiger partial charge in [-0.2, -0.15) is 13.2 Å². The predicted octanol–water partition coefficient (Wildman–Crippen LogP) is 5.49. The number of carboxylic acid groups (broad SMARTS) is 1. The number of benzene rings is 2. The second kappa shape index (κ2) is 7.15. The fourth-order valence-corrected chi connectivity index (χ4v) is 2.82. The normalized spacial score (nSPS) is 16.2. The number of carboxylic acids is 1. The van der Waals surface area contributed by atoms with Crippen molar-refractivity contribution >= 4 is 23.6 Å². The van der Waals surface area contributed by atoms with Crippen LogP contribution in [-0.4, -0.2) is 23.4 Å². The van der Waals surface area contributed by atoms with Crippen LogP contribution in [0.1, 0.15) is 18.1 Å². The molecule has 8 heteroatoms. The highest BCUT2D eigenvalue weighted by molar-refractivity contribution is 6.32. The zero-order chi connectivity index (χ0) is 19.8. The Morgan fingerprint density at radius 3 is 2.48 bits per heavy atom. The summed E-state index contributed by atoms with van der Waals surface area (Å²) >= 11 is 6.14. The molecule has 27 heavy (non-hydrogen) atoms. The van der Waals surface area contributed by atoms with Crippen LogP contribution in [-0.2, 0) is 11.2 Å². The minimum atomic E-state index is -4.88. The van der Waals surface area contributed by atoms with Crippen LogP contribution in [0.2, 0.25) is 5.02 Å². The Labute approximate surface area is 157 Å². The molecule has 0 bridgehead atoms. The fourth-order valence-electron chi connectivity index (χ4n) is 2.61. The predicted molar refractivity (Wildman–Crippen MR) is 93.4 cm³/mol. The van der Waals surface area contributed by atoms with E-state index < -0.39 is 23.8 Å². The zero-order valence-electron chi connectivity index (χ0n) is 14.0. The van der Waals surface area contributed by atoms with Crippen LogP contribution in [0.25, 0.3) is 6.08 Å². The molecule has 1 heterocycles. The van der Waals surface area contributed by atoms with Crippen molar-refractivity contribution < 1.29 is 32.5 Å². The minimum Gasteiger partial charge on any atom is -0.478 e. The molecule has 0 unspecified atom stereocenters. The molecule has 4 nitrogen and oxygen atoms in total. The van der Waals surface area contributed by atoms with E-state index in [-0.39, 0.29) is 22.1 Å². The van der Waals surface area contributed by atoms with Crippen molar-refractivity contribution in [1.29, 1.82) is 0 Å². The van der Waals surface area contributed by atoms with Crippen molar-refractivity contribution in [2.75, 3.05) is 0 Å². The van der Waals surface area contributed by atoms with E-state index in [1.165, 1.54) is 12.1 Å². The molecule has 1 N–H and O–H groups in total. The van der Waals surface area contributed by atoms with E-state index in [9.17, 15) is 18.0 Å². The van der Waals surface area contributed by atoms with Crippen LogP contribution in [0.3, 0.4) is 0 Å². The molecular formula is C19H14ClF3O4. The molecule has 1 atom stereocenters. The van der Waals surface area contributed by atoms with E-state index in [2.05, 4.69) is 0 Å². The van der Waals surface area contributed by atoms with Crippen molar-refractivity contribution in [2.24, 2.45) is 0 Å². The summed E-state index contributed by atoms with van der Waals surface area (Å²) in [6.07, 6.45) is -5.69. The van der Waals surface area contributed by atoms with Crippen molar-refractivity contribution in [3.63, 3.8) is 0 Å². The minimum absolute atomic E-state index is 0.104. The Morgan fingerprint density at radius 1 is 1.26 bits per heavy atom. The Hall–Kier alpha value is -2.67. The van der Waals surface area contributed by atoms with Gasteiger partial charge in [-0.25, -0.2) is 4.79 Å². The summed E-state index contributed by atoms with van der Waals surface area (Å²) in [4.78, 5) is 11.2. The highest BCUT2D eigenvalue weighted by atomic mass is 35.5. The SMILES string of the molecule is CCc1ccc(Oc2cc3c(cc2Cl)C=C(C(=O)O)[C@H](C(F)(F)F)O3)cc1. The van der Waals surface area contributed by atoms with E-state index in [4.69, 9.17) is 26.2 Å². The molecule has 3 rings (SSSR count). The first-order chi connectivity index (χ1) is 12.7. The van der Waals surface area contributed by atoms with Gasteiger partial charge in [0.1, 0.15) is 17.2 Å². The maximum atomic E-state index is 13.2. The number of aryl methyl sites for hydroxylation is 1. The van der Waals surface area contributed by atoms with Crippen LogP contribution in [0.15, 0.2) is 42.0 Å². The molecule has 0 aromatic heterocycles. The summed E-state index contributed by atoms with van der Waals surface area (Å²) in [6, 6.07) is 9.69. The standard InChI is InChI=1S/C19H14ClF3O4/c1-2-10-3-5-12(6-4-10)26-16-9-15-11(8-14(16)20)7-13(18(24)25)17(27-15)19(21,22)23/h3-9,17H,2H2,1H3,(H,24,25)/t17-/m1/s1. The molecule has 0 aliphatic carbocycles. The highest BCUT2D eigenvalue weighted by Crippen LogP contribution is 2.42. The maximum Gasteiger partial charge on any atom is 0.430 e. The van der Waals surface area contributed by atoms with Gasteiger partial charge in [0.25, 0.3) is 0 Å². The second-order valence-corrected chi connectivity index (χ2v) is 6.27. The number of ether oxygens (including phenoxy) is 2. The number of fused-ring (bicyclic) bond motifs is 1. The van der Waals surface area contributed by atoms with Gasteiger partial charge in [-0.05, 0) is 36.3 Å². The van der Waals surface area contributed by atoms with E-state index >= 15 is 0 Å². The Kier molecular flexibility index (Phi) is 5.06. The molecule has 0 spiro atoms. The van der Waals surface area contributed by atoms with E-state index in [0.29, 0.717) is 5.75 Å². The number of halogens is 4. The van der Waals surface area contributed by atoms with Crippen LogP contribution in [0.4, 0.5) is 13.2 Å². The number of alkyl halides is 3. The van der Waals surface area contributed by atoms with Crippen LogP contribution < -0.4 is 9.47 Å². The molecule has 2 aromatic carbocycles. The van der Waals surface area contributed by atoms with E-state index in [1.807, 2.05) is 19.1 Å². The number of rotatable bonds is 4. The summed E-state index contributed by atoms with van der Waals surface area (Å²) in [5.41, 5.74) is 0.322. The Balaban J connectivity index is 1.97. The van der Waals surface area contributed by atoms with Gasteiger partial charge >= 0.3 is 12.1 Å². The molecule has 0 radical (unpaired) electrons. The average molecular weight is 399 g/mol. The lowest BCUT2D eigenvalue weighted by atomic mass is 10.0. The smallest absolute Gasteiger partial charge is 0.430 e. The first-order valence-electron chi connectivity index (χ1n) is 7.97. The number of carbonyl (C=O) groups is 1. The van der Waals surface area contributed by atoms with Gasteiger partial charge in [0, 0.05) is 11.6 Å². The molecule has 142 valence electrons. The molecule has 0 saturated heterocycles. The van der Waals surface area contributed by atoms with Crippen molar-refractivity contribution in [3.8, 4) is 17.2 Å². The number of hydrogen-bond donors (Lipinski definition) is 1. The first kappa shape index (κ1) is 19.1. The molecule has 0 fully saturated rings. The van der Waals surface area contributed by atoms with Crippen molar-refractivity contribution in [3.05, 3.63) is 58.1 Å². The third-order valence-electron chi connectivity index (χ3n) is 4.01. The lowest BCUT2D eigenvalue weighted by Gasteiger charge is -2.27. The summed E-state index contributed by atoms with van der Waals surface area (Å²) in [6.45, 7) is 2.00. The summed E-state index contributed by atoms with van der Waals surface area (Å²) in [5, 5.41) is 9.17. The lowest BCUT2D eigenvalue weighted by molar-refractivity contribution is -0.187. The number of hydrogen-bond acceptors (Lipinski definition) is 3. The summed E-state index contributed by atoms with van der Waals surface area (Å²) in [5.74, 6) is -1.31. The first-order valence-corrected chi connectivity index (χ1v) is 8.35. The molecule has 0 amide bonds. The highest BCUT2D eigenvalue weighted by Gasteiger charge is 2.48. The molecule has 0 saturated carbocycles. The fraction of sp³-hybridized carbons (Fsp3) is 0.211. The quantitative estimate of drug-likeness (QED) is 0.740. The molecular weight excluding hydrogens is 385 g/mol. The Morgan fingerprint density at radius 2 is 1.93 bits per heavy atom. The number of aliphatic carboxylic acids is 1. The largest absolute Gasteiger partial charge is 0.478 e. The van der Waals surface area contributed by atoms with Gasteiger partial charge in [0.2, 0.25) is 6.10 Å². The third-order valence-corrected chi connectivity index (χ3v) is 4.30. The molecule has 1 aliphatic heterocycles. The van der Waals surface area contributed by atoms with E-state index in [1.54, 1.807) is 12.1 Å². The maximum absolute atomic E-state index is 13.2. The van der Waals surface area contributed by atoms with Crippen LogP contribution in [0, 0.1) is 0 Å². The molecule has 1 aliphatic rings. The topological polar surface area (TPSA) is 55.8 Å². The van der Waals surface area contributed by atoms with Gasteiger partial charge in [-0.1, -0.05) is 30.7 Å². The lowest BCUT2D eigenvalue weighted by Crippen LogP contribution is -2.40. The van der Waals surface area contributed by atoms with Crippen LogP contribution >= 0.6 is 11.6 Å². The summed E-state index contributed by atoms with van der Waals surface area (Å²) < 4.78 is 50.0. The van der Waals surface area contributed by atoms with Gasteiger partial charge in [0.05, 0.1) is 10.6 Å². The summed E-state index contributed by atoms with van der Waals surface area (Å²) in [7, 11) is 0. The average Bonchev–Trinajstić information content (AvgIpc) is 2.61.